The second-order valence-corrected chi connectivity index (χ2v) is 4.98. The third kappa shape index (κ3) is 5.51. The molecule has 0 amide bonds. The summed E-state index contributed by atoms with van der Waals surface area (Å²) in [6.45, 7) is 1.87. The van der Waals surface area contributed by atoms with Gasteiger partial charge in [-0.1, -0.05) is 35.9 Å². The van der Waals surface area contributed by atoms with Crippen molar-refractivity contribution >= 4 is 5.97 Å². The van der Waals surface area contributed by atoms with Crippen LogP contribution in [0.5, 0.6) is 11.5 Å². The second kappa shape index (κ2) is 8.63. The Morgan fingerprint density at radius 2 is 1.83 bits per heavy atom. The van der Waals surface area contributed by atoms with E-state index in [2.05, 4.69) is 0 Å². The number of benzene rings is 2. The van der Waals surface area contributed by atoms with Gasteiger partial charge in [-0.25, -0.2) is 4.79 Å². The zero-order valence-electron chi connectivity index (χ0n) is 13.3. The van der Waals surface area contributed by atoms with Crippen molar-refractivity contribution in [2.45, 2.75) is 13.3 Å². The van der Waals surface area contributed by atoms with Crippen molar-refractivity contribution in [1.82, 2.24) is 0 Å². The summed E-state index contributed by atoms with van der Waals surface area (Å²) in [4.78, 5) is 11.6. The minimum atomic E-state index is -0.443. The minimum Gasteiger partial charge on any atom is -0.496 e. The summed E-state index contributed by atoms with van der Waals surface area (Å²) in [5, 5.41) is 0. The van der Waals surface area contributed by atoms with Crippen molar-refractivity contribution in [2.75, 3.05) is 13.7 Å². The predicted molar refractivity (Wildman–Crippen MR) is 88.6 cm³/mol. The predicted octanol–water partition coefficient (Wildman–Crippen LogP) is 3.68. The first-order valence-corrected chi connectivity index (χ1v) is 7.35. The van der Waals surface area contributed by atoms with Gasteiger partial charge in [-0.3, -0.25) is 0 Å². The third-order valence-corrected chi connectivity index (χ3v) is 3.20. The maximum absolute atomic E-state index is 11.6. The van der Waals surface area contributed by atoms with E-state index in [1.807, 2.05) is 55.5 Å². The third-order valence-electron chi connectivity index (χ3n) is 3.20. The first-order valence-electron chi connectivity index (χ1n) is 7.35. The fourth-order valence-electron chi connectivity index (χ4n) is 1.98. The normalized spacial score (nSPS) is 10.5. The first-order chi connectivity index (χ1) is 11.2. The van der Waals surface area contributed by atoms with E-state index in [1.165, 1.54) is 6.26 Å². The number of para-hydroxylation sites is 1. The molecular formula is C19H20O4. The van der Waals surface area contributed by atoms with E-state index in [9.17, 15) is 4.79 Å². The number of hydrogen-bond donors (Lipinski definition) is 0. The molecule has 0 bridgehead atoms. The smallest absolute Gasteiger partial charge is 0.348 e. The Hall–Kier alpha value is -2.75. The highest BCUT2D eigenvalue weighted by molar-refractivity contribution is 5.71. The molecule has 0 aromatic heterocycles. The van der Waals surface area contributed by atoms with Crippen molar-refractivity contribution in [3.8, 4) is 11.5 Å². The lowest BCUT2D eigenvalue weighted by Crippen LogP contribution is -2.12. The van der Waals surface area contributed by atoms with E-state index in [0.29, 0.717) is 12.2 Å². The largest absolute Gasteiger partial charge is 0.496 e. The van der Waals surface area contributed by atoms with Crippen LogP contribution in [0.4, 0.5) is 0 Å². The first kappa shape index (κ1) is 16.6. The van der Waals surface area contributed by atoms with Gasteiger partial charge in [-0.05, 0) is 43.2 Å². The van der Waals surface area contributed by atoms with Crippen molar-refractivity contribution in [1.29, 1.82) is 0 Å². The van der Waals surface area contributed by atoms with Gasteiger partial charge in [0.1, 0.15) is 11.5 Å². The second-order valence-electron chi connectivity index (χ2n) is 4.98. The molecule has 4 heteroatoms. The molecule has 0 atom stereocenters. The Balaban J connectivity index is 1.74. The lowest BCUT2D eigenvalue weighted by molar-refractivity contribution is -0.140. The maximum atomic E-state index is 11.6. The Bertz CT molecular complexity index is 659. The van der Waals surface area contributed by atoms with Gasteiger partial charge >= 0.3 is 5.97 Å². The molecule has 0 heterocycles. The van der Waals surface area contributed by atoms with E-state index in [4.69, 9.17) is 14.2 Å². The average molecular weight is 312 g/mol. The number of hydrogen-bond acceptors (Lipinski definition) is 4. The van der Waals surface area contributed by atoms with Crippen LogP contribution >= 0.6 is 0 Å². The number of methoxy groups -OCH3 is 1. The van der Waals surface area contributed by atoms with Gasteiger partial charge in [-0.2, -0.15) is 0 Å². The monoisotopic (exact) mass is 312 g/mol. The molecule has 0 radical (unpaired) electrons. The number of esters is 1. The highest BCUT2D eigenvalue weighted by Crippen LogP contribution is 2.17. The van der Waals surface area contributed by atoms with Crippen molar-refractivity contribution in [3.05, 3.63) is 72.0 Å². The fraction of sp³-hybridized carbons (Fsp3) is 0.211. The van der Waals surface area contributed by atoms with Crippen LogP contribution in [0.25, 0.3) is 0 Å². The van der Waals surface area contributed by atoms with Crippen molar-refractivity contribution in [3.63, 3.8) is 0 Å². The molecule has 0 aliphatic rings. The molecule has 0 aliphatic heterocycles. The zero-order chi connectivity index (χ0) is 16.5. The molecule has 0 fully saturated rings. The van der Waals surface area contributed by atoms with E-state index in [1.54, 1.807) is 13.2 Å². The van der Waals surface area contributed by atoms with Crippen LogP contribution in [-0.2, 0) is 16.0 Å². The van der Waals surface area contributed by atoms with Crippen LogP contribution in [0.1, 0.15) is 11.1 Å². The van der Waals surface area contributed by atoms with Crippen LogP contribution in [0.15, 0.2) is 60.9 Å². The molecule has 0 spiro atoms. The fourth-order valence-corrected chi connectivity index (χ4v) is 1.98. The zero-order valence-corrected chi connectivity index (χ0v) is 13.3. The molecule has 2 aromatic rings. The molecule has 0 saturated carbocycles. The molecule has 0 N–H and O–H groups in total. The number of carbonyl (C=O) groups excluding carboxylic acids is 1. The SMILES string of the molecule is COc1ccccc1C/C=C/OC(=O)COc1ccc(C)cc1. The Labute approximate surface area is 136 Å². The number of ether oxygens (including phenoxy) is 3. The molecule has 4 nitrogen and oxygen atoms in total. The topological polar surface area (TPSA) is 44.8 Å². The average Bonchev–Trinajstić information content (AvgIpc) is 2.58. The van der Waals surface area contributed by atoms with Gasteiger partial charge in [-0.15, -0.1) is 0 Å². The van der Waals surface area contributed by atoms with Gasteiger partial charge in [0.25, 0.3) is 0 Å². The lowest BCUT2D eigenvalue weighted by Gasteiger charge is -2.06. The van der Waals surface area contributed by atoms with Gasteiger partial charge < -0.3 is 14.2 Å². The molecule has 120 valence electrons. The van der Waals surface area contributed by atoms with Crippen LogP contribution in [-0.4, -0.2) is 19.7 Å². The van der Waals surface area contributed by atoms with E-state index >= 15 is 0 Å². The van der Waals surface area contributed by atoms with Crippen LogP contribution in [0.2, 0.25) is 0 Å². The van der Waals surface area contributed by atoms with Gasteiger partial charge in [0.05, 0.1) is 13.4 Å². The summed E-state index contributed by atoms with van der Waals surface area (Å²) >= 11 is 0. The van der Waals surface area contributed by atoms with Gasteiger partial charge in [0.15, 0.2) is 6.61 Å². The number of rotatable bonds is 7. The summed E-state index contributed by atoms with van der Waals surface area (Å²) in [5.74, 6) is 1.01. The van der Waals surface area contributed by atoms with Crippen molar-refractivity contribution < 1.29 is 19.0 Å². The summed E-state index contributed by atoms with van der Waals surface area (Å²) in [7, 11) is 1.63. The number of aryl methyl sites for hydroxylation is 1. The Kier molecular flexibility index (Phi) is 6.24. The Morgan fingerprint density at radius 1 is 1.09 bits per heavy atom. The van der Waals surface area contributed by atoms with E-state index in [0.717, 1.165) is 16.9 Å². The van der Waals surface area contributed by atoms with E-state index in [-0.39, 0.29) is 6.61 Å². The molecule has 0 unspecified atom stereocenters. The molecule has 23 heavy (non-hydrogen) atoms. The van der Waals surface area contributed by atoms with Crippen molar-refractivity contribution in [2.24, 2.45) is 0 Å². The van der Waals surface area contributed by atoms with Gasteiger partial charge in [0.2, 0.25) is 0 Å². The standard InChI is InChI=1S/C19H20O4/c1-15-9-11-17(12-10-15)23-14-19(20)22-13-5-7-16-6-3-4-8-18(16)21-2/h3-6,8-13H,7,14H2,1-2H3/b13-5+. The minimum absolute atomic E-state index is 0.123. The summed E-state index contributed by atoms with van der Waals surface area (Å²) in [6, 6.07) is 15.2. The molecule has 0 saturated heterocycles. The molecule has 2 aromatic carbocycles. The molecule has 0 aliphatic carbocycles. The lowest BCUT2D eigenvalue weighted by atomic mass is 10.1. The number of allylic oxidation sites excluding steroid dienone is 1. The maximum Gasteiger partial charge on any atom is 0.348 e. The molecular weight excluding hydrogens is 292 g/mol. The summed E-state index contributed by atoms with van der Waals surface area (Å²) in [5.41, 5.74) is 2.16. The summed E-state index contributed by atoms with van der Waals surface area (Å²) < 4.78 is 15.6. The van der Waals surface area contributed by atoms with Crippen LogP contribution in [0.3, 0.4) is 0 Å². The highest BCUT2D eigenvalue weighted by Gasteiger charge is 2.03. The van der Waals surface area contributed by atoms with Crippen LogP contribution in [0, 0.1) is 6.92 Å². The van der Waals surface area contributed by atoms with Crippen LogP contribution < -0.4 is 9.47 Å². The highest BCUT2D eigenvalue weighted by atomic mass is 16.6. The molecule has 2 rings (SSSR count). The van der Waals surface area contributed by atoms with Gasteiger partial charge in [0, 0.05) is 0 Å². The Morgan fingerprint density at radius 3 is 2.57 bits per heavy atom. The van der Waals surface area contributed by atoms with E-state index < -0.39 is 5.97 Å². The quantitative estimate of drug-likeness (QED) is 0.578. The number of carbonyl (C=O) groups is 1. The summed E-state index contributed by atoms with van der Waals surface area (Å²) in [6.07, 6.45) is 3.77.